The van der Waals surface area contributed by atoms with Gasteiger partial charge in [0.1, 0.15) is 6.61 Å². The molecule has 0 spiro atoms. The van der Waals surface area contributed by atoms with E-state index < -0.39 is 6.10 Å². The van der Waals surface area contributed by atoms with Crippen LogP contribution in [0.15, 0.2) is 78.9 Å². The van der Waals surface area contributed by atoms with Crippen molar-refractivity contribution in [2.24, 2.45) is 0 Å². The lowest BCUT2D eigenvalue weighted by molar-refractivity contribution is -0.131. The van der Waals surface area contributed by atoms with Crippen LogP contribution in [0.5, 0.6) is 11.5 Å². The summed E-state index contributed by atoms with van der Waals surface area (Å²) >= 11 is 0. The molecule has 0 radical (unpaired) electrons. The Kier molecular flexibility index (Phi) is 6.03. The molecule has 1 aliphatic heterocycles. The largest absolute Gasteiger partial charge is 0.485 e. The third kappa shape index (κ3) is 5.14. The minimum atomic E-state index is -0.708. The number of hydrogen-bond donors (Lipinski definition) is 3. The number of hydrogen-bond acceptors (Lipinski definition) is 4. The molecule has 2 atom stereocenters. The lowest BCUT2D eigenvalue weighted by Crippen LogP contribution is -2.44. The molecule has 158 valence electrons. The predicted octanol–water partition coefficient (Wildman–Crippen LogP) is 4.35. The number of carbonyl (C=O) groups excluding carboxylic acids is 2. The Morgan fingerprint density at radius 1 is 0.839 bits per heavy atom. The van der Waals surface area contributed by atoms with E-state index in [1.54, 1.807) is 18.2 Å². The lowest BCUT2D eigenvalue weighted by Gasteiger charge is -2.26. The normalized spacial score (nSPS) is 15.5. The highest BCUT2D eigenvalue weighted by molar-refractivity contribution is 5.99. The lowest BCUT2D eigenvalue weighted by atomic mass is 10.1. The molecule has 2 unspecified atom stereocenters. The average Bonchev–Trinajstić information content (AvgIpc) is 2.79. The molecule has 3 amide bonds. The predicted molar refractivity (Wildman–Crippen MR) is 118 cm³/mol. The molecular weight excluding hydrogens is 394 g/mol. The molecule has 1 heterocycles. The summed E-state index contributed by atoms with van der Waals surface area (Å²) in [6.45, 7) is 2.05. The molecule has 31 heavy (non-hydrogen) atoms. The van der Waals surface area contributed by atoms with E-state index in [4.69, 9.17) is 9.47 Å². The molecule has 3 N–H and O–H groups in total. The Bertz CT molecular complexity index is 1050. The van der Waals surface area contributed by atoms with Gasteiger partial charge in [-0.1, -0.05) is 42.5 Å². The second-order valence-electron chi connectivity index (χ2n) is 7.16. The fraction of sp³-hybridized carbons (Fsp3) is 0.167. The summed E-state index contributed by atoms with van der Waals surface area (Å²) in [6.07, 6.45) is -0.708. The third-order valence-corrected chi connectivity index (χ3v) is 4.86. The van der Waals surface area contributed by atoms with Crippen LogP contribution >= 0.6 is 0 Å². The first-order valence-electron chi connectivity index (χ1n) is 10.0. The van der Waals surface area contributed by atoms with Gasteiger partial charge in [0.05, 0.1) is 6.04 Å². The van der Waals surface area contributed by atoms with Crippen molar-refractivity contribution in [1.29, 1.82) is 0 Å². The molecule has 0 aromatic heterocycles. The Morgan fingerprint density at radius 2 is 1.45 bits per heavy atom. The standard InChI is InChI=1S/C24H23N3O4/c1-16(25-23(28)22-15-30-20-9-5-6-10-21(20)31-22)17-11-13-19(14-12-17)27-24(29)26-18-7-3-2-4-8-18/h2-14,16,22H,15H2,1H3,(H,25,28)(H2,26,27,29). The molecule has 0 saturated carbocycles. The number of anilines is 2. The molecule has 3 aromatic rings. The summed E-state index contributed by atoms with van der Waals surface area (Å²) in [7, 11) is 0. The molecular formula is C24H23N3O4. The van der Waals surface area contributed by atoms with Crippen molar-refractivity contribution in [3.05, 3.63) is 84.4 Å². The molecule has 7 nitrogen and oxygen atoms in total. The van der Waals surface area contributed by atoms with Crippen LogP contribution in [0.2, 0.25) is 0 Å². The molecule has 3 aromatic carbocycles. The van der Waals surface area contributed by atoms with Gasteiger partial charge in [0.15, 0.2) is 11.5 Å². The van der Waals surface area contributed by atoms with Crippen LogP contribution in [0, 0.1) is 0 Å². The third-order valence-electron chi connectivity index (χ3n) is 4.86. The average molecular weight is 417 g/mol. The Hall–Kier alpha value is -4.00. The first-order chi connectivity index (χ1) is 15.1. The number of rotatable bonds is 5. The zero-order valence-corrected chi connectivity index (χ0v) is 17.0. The molecule has 0 fully saturated rings. The molecule has 7 heteroatoms. The number of benzene rings is 3. The van der Waals surface area contributed by atoms with E-state index in [2.05, 4.69) is 16.0 Å². The van der Waals surface area contributed by atoms with Gasteiger partial charge < -0.3 is 25.4 Å². The fourth-order valence-electron chi connectivity index (χ4n) is 3.21. The topological polar surface area (TPSA) is 88.7 Å². The van der Waals surface area contributed by atoms with Gasteiger partial charge in [-0.25, -0.2) is 4.79 Å². The summed E-state index contributed by atoms with van der Waals surface area (Å²) < 4.78 is 11.4. The number of amides is 3. The van der Waals surface area contributed by atoms with Gasteiger partial charge in [-0.2, -0.15) is 0 Å². The van der Waals surface area contributed by atoms with Gasteiger partial charge in [0.25, 0.3) is 5.91 Å². The first-order valence-corrected chi connectivity index (χ1v) is 10.0. The number of fused-ring (bicyclic) bond motifs is 1. The minimum absolute atomic E-state index is 0.162. The van der Waals surface area contributed by atoms with Crippen molar-refractivity contribution in [1.82, 2.24) is 5.32 Å². The van der Waals surface area contributed by atoms with Crippen molar-refractivity contribution < 1.29 is 19.1 Å². The molecule has 0 bridgehead atoms. The number of nitrogens with one attached hydrogen (secondary N) is 3. The van der Waals surface area contributed by atoms with Gasteiger partial charge in [0.2, 0.25) is 6.10 Å². The highest BCUT2D eigenvalue weighted by atomic mass is 16.6. The highest BCUT2D eigenvalue weighted by Crippen LogP contribution is 2.31. The second kappa shape index (κ2) is 9.21. The van der Waals surface area contributed by atoms with Crippen LogP contribution in [-0.4, -0.2) is 24.6 Å². The summed E-state index contributed by atoms with van der Waals surface area (Å²) in [4.78, 5) is 24.7. The summed E-state index contributed by atoms with van der Waals surface area (Å²) in [6, 6.07) is 23.2. The SMILES string of the molecule is CC(NC(=O)C1COc2ccccc2O1)c1ccc(NC(=O)Nc2ccccc2)cc1. The number of para-hydroxylation sites is 3. The Balaban J connectivity index is 1.30. The van der Waals surface area contributed by atoms with Crippen LogP contribution in [0.25, 0.3) is 0 Å². The maximum Gasteiger partial charge on any atom is 0.323 e. The van der Waals surface area contributed by atoms with Crippen molar-refractivity contribution >= 4 is 23.3 Å². The van der Waals surface area contributed by atoms with Gasteiger partial charge in [-0.05, 0) is 48.9 Å². The van der Waals surface area contributed by atoms with Crippen molar-refractivity contribution in [3.63, 3.8) is 0 Å². The molecule has 4 rings (SSSR count). The summed E-state index contributed by atoms with van der Waals surface area (Å²) in [5, 5.41) is 8.50. The van der Waals surface area contributed by atoms with Crippen molar-refractivity contribution in [2.45, 2.75) is 19.1 Å². The van der Waals surface area contributed by atoms with Crippen LogP contribution < -0.4 is 25.4 Å². The molecule has 1 aliphatic rings. The van der Waals surface area contributed by atoms with Crippen LogP contribution in [0.1, 0.15) is 18.5 Å². The highest BCUT2D eigenvalue weighted by Gasteiger charge is 2.28. The van der Waals surface area contributed by atoms with Crippen LogP contribution in [0.4, 0.5) is 16.2 Å². The minimum Gasteiger partial charge on any atom is -0.485 e. The quantitative estimate of drug-likeness (QED) is 0.576. The van der Waals surface area contributed by atoms with E-state index >= 15 is 0 Å². The van der Waals surface area contributed by atoms with Gasteiger partial charge in [-0.3, -0.25) is 4.79 Å². The van der Waals surface area contributed by atoms with Gasteiger partial charge in [0, 0.05) is 11.4 Å². The first kappa shape index (κ1) is 20.3. The Labute approximate surface area is 180 Å². The summed E-state index contributed by atoms with van der Waals surface area (Å²) in [5.74, 6) is 0.955. The summed E-state index contributed by atoms with van der Waals surface area (Å²) in [5.41, 5.74) is 2.26. The maximum absolute atomic E-state index is 12.6. The van der Waals surface area contributed by atoms with E-state index in [0.717, 1.165) is 5.56 Å². The van der Waals surface area contributed by atoms with E-state index in [1.165, 1.54) is 0 Å². The number of urea groups is 1. The van der Waals surface area contributed by atoms with Crippen molar-refractivity contribution in [2.75, 3.05) is 17.2 Å². The zero-order valence-electron chi connectivity index (χ0n) is 17.0. The van der Waals surface area contributed by atoms with Crippen LogP contribution in [-0.2, 0) is 4.79 Å². The smallest absolute Gasteiger partial charge is 0.323 e. The number of carbonyl (C=O) groups is 2. The number of ether oxygens (including phenoxy) is 2. The van der Waals surface area contributed by atoms with Gasteiger partial charge in [-0.15, -0.1) is 0 Å². The maximum atomic E-state index is 12.6. The van der Waals surface area contributed by atoms with E-state index in [9.17, 15) is 9.59 Å². The van der Waals surface area contributed by atoms with E-state index in [-0.39, 0.29) is 24.6 Å². The monoisotopic (exact) mass is 417 g/mol. The second-order valence-corrected chi connectivity index (χ2v) is 7.16. The van der Waals surface area contributed by atoms with Crippen LogP contribution in [0.3, 0.4) is 0 Å². The zero-order chi connectivity index (χ0) is 21.6. The Morgan fingerprint density at radius 3 is 2.16 bits per heavy atom. The molecule has 0 saturated heterocycles. The van der Waals surface area contributed by atoms with Gasteiger partial charge >= 0.3 is 6.03 Å². The molecule has 0 aliphatic carbocycles. The van der Waals surface area contributed by atoms with Crippen molar-refractivity contribution in [3.8, 4) is 11.5 Å². The van der Waals surface area contributed by atoms with E-state index in [0.29, 0.717) is 22.9 Å². The fourth-order valence-corrected chi connectivity index (χ4v) is 3.21. The van der Waals surface area contributed by atoms with E-state index in [1.807, 2.05) is 67.6 Å².